The van der Waals surface area contributed by atoms with Crippen LogP contribution in [-0.4, -0.2) is 23.3 Å². The van der Waals surface area contributed by atoms with Crippen molar-refractivity contribution in [3.63, 3.8) is 0 Å². The number of rotatable bonds is 2. The molecular formula is C11H13FN2O2. The number of hydrogen-bond acceptors (Lipinski definition) is 2. The molecule has 0 spiro atoms. The van der Waals surface area contributed by atoms with Gasteiger partial charge in [-0.05, 0) is 31.0 Å². The summed E-state index contributed by atoms with van der Waals surface area (Å²) in [5.74, 6) is -0.392. The average Bonchev–Trinajstić information content (AvgIpc) is 2.15. The van der Waals surface area contributed by atoms with Crippen LogP contribution in [0.4, 0.5) is 14.9 Å². The average molecular weight is 224 g/mol. The molecule has 1 aromatic rings. The molecule has 0 bridgehead atoms. The fraction of sp³-hybridized carbons (Fsp3) is 0.364. The third kappa shape index (κ3) is 2.70. The molecule has 1 aliphatic rings. The van der Waals surface area contributed by atoms with Gasteiger partial charge in [0.05, 0.1) is 6.10 Å². The molecular weight excluding hydrogens is 211 g/mol. The van der Waals surface area contributed by atoms with Gasteiger partial charge < -0.3 is 15.7 Å². The van der Waals surface area contributed by atoms with Crippen LogP contribution < -0.4 is 10.6 Å². The maximum absolute atomic E-state index is 12.8. The largest absolute Gasteiger partial charge is 0.393 e. The van der Waals surface area contributed by atoms with Gasteiger partial charge in [0.25, 0.3) is 0 Å². The minimum atomic E-state index is -0.392. The molecule has 16 heavy (non-hydrogen) atoms. The van der Waals surface area contributed by atoms with Gasteiger partial charge in [-0.2, -0.15) is 0 Å². The zero-order valence-electron chi connectivity index (χ0n) is 8.61. The topological polar surface area (TPSA) is 61.4 Å². The molecule has 1 fully saturated rings. The first-order chi connectivity index (χ1) is 7.63. The number of carbonyl (C=O) groups excluding carboxylic acids is 1. The summed E-state index contributed by atoms with van der Waals surface area (Å²) < 4.78 is 12.8. The monoisotopic (exact) mass is 224 g/mol. The molecule has 0 radical (unpaired) electrons. The van der Waals surface area contributed by atoms with Crippen LogP contribution in [0.1, 0.15) is 12.8 Å². The summed E-state index contributed by atoms with van der Waals surface area (Å²) in [6, 6.07) is 5.34. The van der Waals surface area contributed by atoms with Crippen molar-refractivity contribution in [2.75, 3.05) is 5.32 Å². The van der Waals surface area contributed by atoms with Gasteiger partial charge in [-0.15, -0.1) is 0 Å². The third-order valence-corrected chi connectivity index (χ3v) is 2.53. The van der Waals surface area contributed by atoms with E-state index in [1.54, 1.807) is 6.07 Å². The summed E-state index contributed by atoms with van der Waals surface area (Å²) in [7, 11) is 0. The second kappa shape index (κ2) is 4.49. The van der Waals surface area contributed by atoms with Crippen LogP contribution in [0.5, 0.6) is 0 Å². The molecule has 0 aliphatic heterocycles. The fourth-order valence-corrected chi connectivity index (χ4v) is 1.62. The van der Waals surface area contributed by atoms with Crippen molar-refractivity contribution in [2.45, 2.75) is 25.0 Å². The molecule has 2 amide bonds. The summed E-state index contributed by atoms with van der Waals surface area (Å²) in [5, 5.41) is 14.2. The number of benzene rings is 1. The Morgan fingerprint density at radius 2 is 2.19 bits per heavy atom. The first kappa shape index (κ1) is 10.9. The molecule has 4 nitrogen and oxygen atoms in total. The number of hydrogen-bond donors (Lipinski definition) is 3. The van der Waals surface area contributed by atoms with E-state index in [-0.39, 0.29) is 18.2 Å². The van der Waals surface area contributed by atoms with Crippen molar-refractivity contribution in [3.05, 3.63) is 30.1 Å². The maximum Gasteiger partial charge on any atom is 0.319 e. The standard InChI is InChI=1S/C11H13FN2O2/c12-7-2-1-3-8(4-7)13-11(16)14-9-5-10(15)6-9/h1-4,9-10,15H,5-6H2,(H2,13,14,16). The van der Waals surface area contributed by atoms with Gasteiger partial charge in [-0.1, -0.05) is 6.07 Å². The minimum Gasteiger partial charge on any atom is -0.393 e. The lowest BCUT2D eigenvalue weighted by atomic mass is 9.90. The van der Waals surface area contributed by atoms with Gasteiger partial charge in [0.15, 0.2) is 0 Å². The lowest BCUT2D eigenvalue weighted by molar-refractivity contribution is 0.0671. The SMILES string of the molecule is O=C(Nc1cccc(F)c1)NC1CC(O)C1. The quantitative estimate of drug-likeness (QED) is 0.712. The van der Waals surface area contributed by atoms with Crippen LogP contribution in [0.25, 0.3) is 0 Å². The molecule has 0 saturated heterocycles. The van der Waals surface area contributed by atoms with Gasteiger partial charge in [0.2, 0.25) is 0 Å². The Balaban J connectivity index is 1.83. The van der Waals surface area contributed by atoms with Gasteiger partial charge in [0, 0.05) is 11.7 Å². The number of amides is 2. The van der Waals surface area contributed by atoms with Crippen LogP contribution in [0.15, 0.2) is 24.3 Å². The number of anilines is 1. The third-order valence-electron chi connectivity index (χ3n) is 2.53. The van der Waals surface area contributed by atoms with Crippen molar-refractivity contribution in [3.8, 4) is 0 Å². The molecule has 0 heterocycles. The van der Waals surface area contributed by atoms with Crippen molar-refractivity contribution in [1.82, 2.24) is 5.32 Å². The summed E-state index contributed by atoms with van der Waals surface area (Å²) in [4.78, 5) is 11.4. The molecule has 1 aromatic carbocycles. The molecule has 1 aliphatic carbocycles. The minimum absolute atomic E-state index is 0.0172. The van der Waals surface area contributed by atoms with Crippen molar-refractivity contribution in [2.24, 2.45) is 0 Å². The van der Waals surface area contributed by atoms with E-state index in [0.29, 0.717) is 18.5 Å². The number of carbonyl (C=O) groups is 1. The van der Waals surface area contributed by atoms with Crippen molar-refractivity contribution in [1.29, 1.82) is 0 Å². The predicted molar refractivity (Wildman–Crippen MR) is 57.6 cm³/mol. The fourth-order valence-electron chi connectivity index (χ4n) is 1.62. The number of nitrogens with one attached hydrogen (secondary N) is 2. The lowest BCUT2D eigenvalue weighted by Crippen LogP contribution is -2.48. The van der Waals surface area contributed by atoms with Crippen LogP contribution in [0.2, 0.25) is 0 Å². The highest BCUT2D eigenvalue weighted by atomic mass is 19.1. The van der Waals surface area contributed by atoms with Gasteiger partial charge in [0.1, 0.15) is 5.82 Å². The number of urea groups is 1. The van der Waals surface area contributed by atoms with Crippen molar-refractivity contribution >= 4 is 11.7 Å². The summed E-state index contributed by atoms with van der Waals surface area (Å²) >= 11 is 0. The van der Waals surface area contributed by atoms with Crippen LogP contribution in [0.3, 0.4) is 0 Å². The zero-order valence-corrected chi connectivity index (χ0v) is 8.61. The van der Waals surface area contributed by atoms with E-state index in [1.807, 2.05) is 0 Å². The number of aliphatic hydroxyl groups excluding tert-OH is 1. The van der Waals surface area contributed by atoms with E-state index in [1.165, 1.54) is 18.2 Å². The summed E-state index contributed by atoms with van der Waals surface area (Å²) in [6.07, 6.45) is 0.854. The molecule has 5 heteroatoms. The first-order valence-corrected chi connectivity index (χ1v) is 5.14. The van der Waals surface area contributed by atoms with E-state index in [2.05, 4.69) is 10.6 Å². The van der Waals surface area contributed by atoms with Crippen molar-refractivity contribution < 1.29 is 14.3 Å². The zero-order chi connectivity index (χ0) is 11.5. The second-order valence-electron chi connectivity index (χ2n) is 3.93. The van der Waals surface area contributed by atoms with Gasteiger partial charge in [-0.25, -0.2) is 9.18 Å². The Morgan fingerprint density at radius 3 is 2.81 bits per heavy atom. The molecule has 1 saturated carbocycles. The summed E-state index contributed by atoms with van der Waals surface area (Å²) in [6.45, 7) is 0. The highest BCUT2D eigenvalue weighted by Crippen LogP contribution is 2.19. The maximum atomic E-state index is 12.8. The van der Waals surface area contributed by atoms with Gasteiger partial charge in [-0.3, -0.25) is 0 Å². The highest BCUT2D eigenvalue weighted by Gasteiger charge is 2.28. The Kier molecular flexibility index (Phi) is 3.05. The molecule has 3 N–H and O–H groups in total. The summed E-state index contributed by atoms with van der Waals surface area (Å²) in [5.41, 5.74) is 0.414. The van der Waals surface area contributed by atoms with Crippen LogP contribution >= 0.6 is 0 Å². The molecule has 0 unspecified atom stereocenters. The first-order valence-electron chi connectivity index (χ1n) is 5.14. The predicted octanol–water partition coefficient (Wildman–Crippen LogP) is 1.47. The second-order valence-corrected chi connectivity index (χ2v) is 3.93. The van der Waals surface area contributed by atoms with E-state index in [9.17, 15) is 9.18 Å². The van der Waals surface area contributed by atoms with Crippen LogP contribution in [0, 0.1) is 5.82 Å². The molecule has 86 valence electrons. The Hall–Kier alpha value is -1.62. The highest BCUT2D eigenvalue weighted by molar-refractivity contribution is 5.89. The molecule has 0 aromatic heterocycles. The number of halogens is 1. The normalized spacial score (nSPS) is 23.4. The van der Waals surface area contributed by atoms with Gasteiger partial charge >= 0.3 is 6.03 Å². The van der Waals surface area contributed by atoms with E-state index in [0.717, 1.165) is 0 Å². The Labute approximate surface area is 92.5 Å². The Morgan fingerprint density at radius 1 is 1.44 bits per heavy atom. The molecule has 0 atom stereocenters. The van der Waals surface area contributed by atoms with Crippen LogP contribution in [-0.2, 0) is 0 Å². The lowest BCUT2D eigenvalue weighted by Gasteiger charge is -2.31. The Bertz CT molecular complexity index is 391. The number of aliphatic hydroxyl groups is 1. The van der Waals surface area contributed by atoms with E-state index < -0.39 is 5.82 Å². The smallest absolute Gasteiger partial charge is 0.319 e. The molecule has 2 rings (SSSR count). The van der Waals surface area contributed by atoms with E-state index in [4.69, 9.17) is 5.11 Å². The van der Waals surface area contributed by atoms with E-state index >= 15 is 0 Å².